The van der Waals surface area contributed by atoms with Crippen molar-refractivity contribution in [3.05, 3.63) is 100 Å². The molecule has 3 rings (SSSR count). The Balaban J connectivity index is 2.49. The molecule has 0 aliphatic carbocycles. The van der Waals surface area contributed by atoms with Gasteiger partial charge in [0.2, 0.25) is 0 Å². The fourth-order valence-corrected chi connectivity index (χ4v) is 7.33. The van der Waals surface area contributed by atoms with E-state index in [0.717, 1.165) is 0 Å². The van der Waals surface area contributed by atoms with Gasteiger partial charge in [-0.2, -0.15) is 0 Å². The number of carbonyl (C=O) groups is 21. The van der Waals surface area contributed by atoms with Crippen LogP contribution in [0.5, 0.6) is 0 Å². The normalized spacial score (nSPS) is 10.5. The van der Waals surface area contributed by atoms with Gasteiger partial charge >= 0.3 is 125 Å². The highest BCUT2D eigenvalue weighted by atomic mass is 16.6. The van der Waals surface area contributed by atoms with Crippen LogP contribution in [0.4, 0.5) is 0 Å². The molecular weight excluding hydrogens is 1130 g/mol. The molecule has 39 heteroatoms. The Kier molecular flexibility index (Phi) is 18.0. The molecule has 0 bridgehead atoms. The Morgan fingerprint density at radius 1 is 0.210 bits per heavy atom. The predicted octanol–water partition coefficient (Wildman–Crippen LogP) is -0.993. The summed E-state index contributed by atoms with van der Waals surface area (Å²) in [5, 5.41) is 146. The maximum Gasteiger partial charge on any atom is 0.347 e. The predicted molar refractivity (Wildman–Crippen MR) is 228 cm³/mol. The van der Waals surface area contributed by atoms with Crippen LogP contribution in [0.25, 0.3) is 0 Å². The zero-order valence-corrected chi connectivity index (χ0v) is 38.0. The largest absolute Gasteiger partial charge is 0.478 e. The molecule has 0 aliphatic rings. The van der Waals surface area contributed by atoms with E-state index in [9.17, 15) is 177 Å². The summed E-state index contributed by atoms with van der Waals surface area (Å²) in [5.74, 6) is -61.8. The van der Waals surface area contributed by atoms with Crippen LogP contribution in [0.2, 0.25) is 0 Å². The van der Waals surface area contributed by atoms with Gasteiger partial charge in [-0.25, -0.2) is 86.3 Å². The highest BCUT2D eigenvalue weighted by Crippen LogP contribution is 2.35. The summed E-state index contributed by atoms with van der Waals surface area (Å²) < 4.78 is 12.7. The summed E-state index contributed by atoms with van der Waals surface area (Å²) in [5.41, 5.74) is -40.9. The lowest BCUT2D eigenvalue weighted by molar-refractivity contribution is -0.153. The van der Waals surface area contributed by atoms with E-state index < -0.39 is 244 Å². The second-order valence-corrected chi connectivity index (χ2v) is 14.7. The maximum atomic E-state index is 13.8. The minimum atomic E-state index is -3.32. The third-order valence-corrected chi connectivity index (χ3v) is 10.1. The molecule has 0 heterocycles. The fourth-order valence-electron chi connectivity index (χ4n) is 7.33. The van der Waals surface area contributed by atoms with E-state index >= 15 is 0 Å². The molecule has 0 saturated carbocycles. The first-order chi connectivity index (χ1) is 37.2. The third kappa shape index (κ3) is 11.8. The zero-order valence-electron chi connectivity index (χ0n) is 38.0. The van der Waals surface area contributed by atoms with Crippen molar-refractivity contribution in [1.29, 1.82) is 0 Å². The van der Waals surface area contributed by atoms with Gasteiger partial charge < -0.3 is 90.8 Å². The molecular formula is C42H20O39. The number of ether oxygens (including phenoxy) is 3. The van der Waals surface area contributed by atoms with E-state index in [1.54, 1.807) is 0 Å². The number of carbonyl (C=O) groups excluding carboxylic acids is 6. The van der Waals surface area contributed by atoms with E-state index in [0.29, 0.717) is 0 Å². The number of aromatic carboxylic acids is 15. The van der Waals surface area contributed by atoms with Gasteiger partial charge in [-0.3, -0.25) is 14.4 Å². The highest BCUT2D eigenvalue weighted by molar-refractivity contribution is 6.27. The van der Waals surface area contributed by atoms with E-state index in [4.69, 9.17) is 0 Å². The molecule has 0 atom stereocenters. The molecule has 0 amide bonds. The van der Waals surface area contributed by atoms with Crippen molar-refractivity contribution in [2.75, 3.05) is 0 Å². The molecule has 0 radical (unpaired) electrons. The van der Waals surface area contributed by atoms with Gasteiger partial charge in [0, 0.05) is 0 Å². The first-order valence-corrected chi connectivity index (χ1v) is 19.7. The Hall–Kier alpha value is -12.9. The summed E-state index contributed by atoms with van der Waals surface area (Å²) in [6, 6.07) is 0. The van der Waals surface area contributed by atoms with Gasteiger partial charge in [0.15, 0.2) is 0 Å². The van der Waals surface area contributed by atoms with E-state index in [-0.39, 0.29) is 0 Å². The molecule has 15 N–H and O–H groups in total. The van der Waals surface area contributed by atoms with Crippen molar-refractivity contribution in [2.45, 2.75) is 12.8 Å². The van der Waals surface area contributed by atoms with Crippen molar-refractivity contribution in [3.63, 3.8) is 0 Å². The molecule has 0 spiro atoms. The standard InChI is InChI=1S/C42H20O39/c43-4(79-40(76)21-15(33(63)64)9(27(51)52)6(24(45)46)10(28(53)54)16(21)34(65)66)1-3(39(75)81-42(78)23-19(37(71)72)13(31(59)60)8(26(49)50)14(32(61)62)20(23)38(73)74)2-5(44)80-41(77)22-17(35(67)68)11(29(55)56)7(25(47)48)12(30(57)58)18(22)36(69)70/h3H,1-2H2,(H,45,46)(H,47,48)(H,49,50)(H,51,52)(H,53,54)(H,55,56)(H,57,58)(H,59,60)(H,61,62)(H,63,64)(H,65,66)(H,67,68)(H,69,70)(H,71,72)(H,73,74). The van der Waals surface area contributed by atoms with E-state index in [1.165, 1.54) is 0 Å². The monoisotopic (exact) mass is 1150 g/mol. The smallest absolute Gasteiger partial charge is 0.347 e. The van der Waals surface area contributed by atoms with Crippen LogP contribution >= 0.6 is 0 Å². The second kappa shape index (κ2) is 23.3. The molecule has 0 aromatic heterocycles. The van der Waals surface area contributed by atoms with Gasteiger partial charge in [-0.05, 0) is 0 Å². The third-order valence-electron chi connectivity index (χ3n) is 10.1. The van der Waals surface area contributed by atoms with Gasteiger partial charge in [0.05, 0.1) is 119 Å². The number of carboxylic acid groups (broad SMARTS) is 15. The fraction of sp³-hybridized carbons (Fsp3) is 0.0714. The minimum absolute atomic E-state index is 2.16. The van der Waals surface area contributed by atoms with Crippen LogP contribution in [0.1, 0.15) is 199 Å². The Morgan fingerprint density at radius 2 is 0.333 bits per heavy atom. The maximum absolute atomic E-state index is 13.8. The summed E-state index contributed by atoms with van der Waals surface area (Å²) in [6.45, 7) is 0. The Labute approximate surface area is 435 Å². The molecule has 0 saturated heterocycles. The summed E-state index contributed by atoms with van der Waals surface area (Å²) in [6.07, 6.45) is -4.71. The number of rotatable bonds is 23. The van der Waals surface area contributed by atoms with Crippen molar-refractivity contribution < 1.29 is 191 Å². The van der Waals surface area contributed by atoms with Crippen molar-refractivity contribution in [3.8, 4) is 0 Å². The minimum Gasteiger partial charge on any atom is -0.478 e. The van der Waals surface area contributed by atoms with Gasteiger partial charge in [0.25, 0.3) is 0 Å². The van der Waals surface area contributed by atoms with E-state index in [1.807, 2.05) is 0 Å². The quantitative estimate of drug-likeness (QED) is 0.0308. The van der Waals surface area contributed by atoms with Crippen LogP contribution < -0.4 is 0 Å². The first-order valence-electron chi connectivity index (χ1n) is 19.7. The van der Waals surface area contributed by atoms with Crippen LogP contribution in [0.15, 0.2) is 0 Å². The summed E-state index contributed by atoms with van der Waals surface area (Å²) in [7, 11) is 0. The second-order valence-electron chi connectivity index (χ2n) is 14.7. The lowest BCUT2D eigenvalue weighted by atomic mass is 9.85. The van der Waals surface area contributed by atoms with Gasteiger partial charge in [-0.15, -0.1) is 0 Å². The van der Waals surface area contributed by atoms with Crippen molar-refractivity contribution in [1.82, 2.24) is 0 Å². The molecule has 0 aliphatic heterocycles. The number of carboxylic acids is 15. The van der Waals surface area contributed by atoms with Crippen LogP contribution in [-0.2, 0) is 28.6 Å². The molecule has 81 heavy (non-hydrogen) atoms. The van der Waals surface area contributed by atoms with Crippen molar-refractivity contribution in [2.24, 2.45) is 5.92 Å². The topological polar surface area (TPSA) is 690 Å². The van der Waals surface area contributed by atoms with E-state index in [2.05, 4.69) is 14.2 Å². The average Bonchev–Trinajstić information content (AvgIpc) is 3.44. The lowest BCUT2D eigenvalue weighted by Gasteiger charge is -2.19. The molecule has 422 valence electrons. The van der Waals surface area contributed by atoms with Gasteiger partial charge in [-0.1, -0.05) is 0 Å². The SMILES string of the molecule is O=C(CC(CC(=O)OC(=O)c1c(C(=O)O)c(C(=O)O)c(C(=O)O)c(C(=O)O)c1C(=O)O)C(=O)OC(=O)c1c(C(=O)O)c(C(=O)O)c(C(=O)O)c(C(=O)O)c1C(=O)O)OC(=O)c1c(C(=O)O)c(C(=O)O)c(C(=O)O)c(C(=O)O)c1C(=O)O. The lowest BCUT2D eigenvalue weighted by Crippen LogP contribution is -2.33. The Bertz CT molecular complexity index is 3320. The molecule has 3 aromatic rings. The first kappa shape index (κ1) is 62.4. The van der Waals surface area contributed by atoms with Crippen LogP contribution in [0.3, 0.4) is 0 Å². The number of benzene rings is 3. The molecule has 39 nitrogen and oxygen atoms in total. The Morgan fingerprint density at radius 3 is 0.469 bits per heavy atom. The van der Waals surface area contributed by atoms with Gasteiger partial charge in [0.1, 0.15) is 0 Å². The van der Waals surface area contributed by atoms with Crippen LogP contribution in [-0.4, -0.2) is 202 Å². The summed E-state index contributed by atoms with van der Waals surface area (Å²) in [4.78, 5) is 265. The number of hydrogen-bond donors (Lipinski definition) is 15. The average molecular weight is 1150 g/mol. The zero-order chi connectivity index (χ0) is 62.6. The number of esters is 6. The highest BCUT2D eigenvalue weighted by Gasteiger charge is 2.46. The molecule has 3 aromatic carbocycles. The van der Waals surface area contributed by atoms with Crippen molar-refractivity contribution >= 4 is 125 Å². The molecule has 0 unspecified atom stereocenters. The van der Waals surface area contributed by atoms with Crippen LogP contribution in [0, 0.1) is 5.92 Å². The summed E-state index contributed by atoms with van der Waals surface area (Å²) >= 11 is 0. The number of hydrogen-bond acceptors (Lipinski definition) is 24. The molecule has 0 fully saturated rings.